The number of carbonyl (C=O) groups is 2. The highest BCUT2D eigenvalue weighted by Gasteiger charge is 2.58. The molecule has 156 valence electrons. The van der Waals surface area contributed by atoms with Crippen molar-refractivity contribution in [3.05, 3.63) is 35.4 Å². The Labute approximate surface area is 169 Å². The highest BCUT2D eigenvalue weighted by molar-refractivity contribution is 5.98. The summed E-state index contributed by atoms with van der Waals surface area (Å²) in [6, 6.07) is 7.29. The maximum atomic E-state index is 12.7. The van der Waals surface area contributed by atoms with Crippen LogP contribution in [0.2, 0.25) is 0 Å². The van der Waals surface area contributed by atoms with E-state index in [2.05, 4.69) is 0 Å². The molecule has 2 aromatic rings. The highest BCUT2D eigenvalue weighted by atomic mass is 16.5. The smallest absolute Gasteiger partial charge is 0.314 e. The van der Waals surface area contributed by atoms with E-state index in [4.69, 9.17) is 18.9 Å². The van der Waals surface area contributed by atoms with Crippen molar-refractivity contribution in [2.75, 3.05) is 28.4 Å². The molecule has 0 spiro atoms. The first-order chi connectivity index (χ1) is 13.8. The molecule has 2 atom stereocenters. The van der Waals surface area contributed by atoms with Crippen molar-refractivity contribution in [3.63, 3.8) is 0 Å². The molecule has 1 aliphatic rings. The summed E-state index contributed by atoms with van der Waals surface area (Å²) in [6.07, 6.45) is 0.386. The maximum Gasteiger partial charge on any atom is 0.314 e. The molecule has 0 heterocycles. The number of rotatable bonds is 5. The van der Waals surface area contributed by atoms with E-state index in [1.807, 2.05) is 18.2 Å². The van der Waals surface area contributed by atoms with E-state index < -0.39 is 29.4 Å². The molecule has 1 aliphatic carbocycles. The lowest BCUT2D eigenvalue weighted by molar-refractivity contribution is -0.181. The van der Waals surface area contributed by atoms with Gasteiger partial charge < -0.3 is 24.1 Å². The van der Waals surface area contributed by atoms with Gasteiger partial charge >= 0.3 is 11.9 Å². The summed E-state index contributed by atoms with van der Waals surface area (Å²) in [7, 11) is 5.62. The summed E-state index contributed by atoms with van der Waals surface area (Å²) in [5, 5.41) is 13.5. The van der Waals surface area contributed by atoms with Crippen LogP contribution in [0.4, 0.5) is 0 Å². The molecule has 1 N–H and O–H groups in total. The highest BCUT2D eigenvalue weighted by Crippen LogP contribution is 2.54. The third-order valence-electron chi connectivity index (χ3n) is 6.13. The van der Waals surface area contributed by atoms with Gasteiger partial charge in [-0.3, -0.25) is 9.59 Å². The molecule has 0 unspecified atom stereocenters. The third kappa shape index (κ3) is 3.00. The Morgan fingerprint density at radius 3 is 2.34 bits per heavy atom. The predicted molar refractivity (Wildman–Crippen MR) is 106 cm³/mol. The fourth-order valence-electron chi connectivity index (χ4n) is 4.39. The van der Waals surface area contributed by atoms with Gasteiger partial charge in [-0.2, -0.15) is 0 Å². The average Bonchev–Trinajstić information content (AvgIpc) is 2.74. The topological polar surface area (TPSA) is 91.3 Å². The number of carbonyl (C=O) groups excluding carboxylic acids is 2. The zero-order valence-corrected chi connectivity index (χ0v) is 17.3. The number of fused-ring (bicyclic) bond motifs is 3. The Kier molecular flexibility index (Phi) is 5.45. The van der Waals surface area contributed by atoms with Crippen LogP contribution in [0.25, 0.3) is 10.8 Å². The largest absolute Gasteiger partial charge is 0.496 e. The number of hydrogen-bond donors (Lipinski definition) is 1. The first-order valence-electron chi connectivity index (χ1n) is 9.32. The molecule has 0 radical (unpaired) electrons. The first kappa shape index (κ1) is 20.9. The molecule has 7 heteroatoms. The molecule has 7 nitrogen and oxygen atoms in total. The summed E-state index contributed by atoms with van der Waals surface area (Å²) in [5.74, 6) is -0.0852. The van der Waals surface area contributed by atoms with E-state index in [1.165, 1.54) is 21.3 Å². The van der Waals surface area contributed by atoms with Gasteiger partial charge in [0.05, 0.1) is 40.3 Å². The van der Waals surface area contributed by atoms with Gasteiger partial charge in [0.25, 0.3) is 0 Å². The Bertz CT molecular complexity index is 967. The number of hydrogen-bond acceptors (Lipinski definition) is 7. The first-order valence-corrected chi connectivity index (χ1v) is 9.32. The van der Waals surface area contributed by atoms with Gasteiger partial charge in [0.15, 0.2) is 0 Å². The average molecular weight is 402 g/mol. The van der Waals surface area contributed by atoms with Crippen molar-refractivity contribution in [1.29, 1.82) is 0 Å². The monoisotopic (exact) mass is 402 g/mol. The quantitative estimate of drug-likeness (QED) is 0.769. The van der Waals surface area contributed by atoms with Gasteiger partial charge in [-0.05, 0) is 43.0 Å². The van der Waals surface area contributed by atoms with Crippen LogP contribution in [0, 0.1) is 5.41 Å². The second-order valence-corrected chi connectivity index (χ2v) is 7.42. The van der Waals surface area contributed by atoms with Crippen LogP contribution in [0.3, 0.4) is 0 Å². The van der Waals surface area contributed by atoms with E-state index >= 15 is 0 Å². The number of benzene rings is 2. The summed E-state index contributed by atoms with van der Waals surface area (Å²) < 4.78 is 21.0. The SMILES string of the molecule is COC(=O)C[C@]1(O)c2cc(OC)c3cccc(OC)c3c2CC[C@@]1(C)C(=O)OC. The summed E-state index contributed by atoms with van der Waals surface area (Å²) in [4.78, 5) is 25.0. The molecule has 0 aromatic heterocycles. The molecule has 0 saturated carbocycles. The predicted octanol–water partition coefficient (Wildman–Crippen LogP) is 2.73. The van der Waals surface area contributed by atoms with Crippen LogP contribution >= 0.6 is 0 Å². The third-order valence-corrected chi connectivity index (χ3v) is 6.13. The second kappa shape index (κ2) is 7.55. The molecule has 0 bridgehead atoms. The molecule has 0 amide bonds. The van der Waals surface area contributed by atoms with E-state index in [0.29, 0.717) is 29.9 Å². The van der Waals surface area contributed by atoms with Crippen molar-refractivity contribution in [1.82, 2.24) is 0 Å². The molecule has 0 saturated heterocycles. The number of esters is 2. The van der Waals surface area contributed by atoms with Gasteiger partial charge in [0.2, 0.25) is 0 Å². The number of ether oxygens (including phenoxy) is 4. The van der Waals surface area contributed by atoms with Crippen LogP contribution < -0.4 is 9.47 Å². The summed E-state index contributed by atoms with van der Waals surface area (Å²) >= 11 is 0. The van der Waals surface area contributed by atoms with Crippen LogP contribution in [-0.2, 0) is 31.1 Å². The van der Waals surface area contributed by atoms with Crippen molar-refractivity contribution < 1.29 is 33.6 Å². The molecular weight excluding hydrogens is 376 g/mol. The Balaban J connectivity index is 2.40. The Morgan fingerprint density at radius 1 is 1.07 bits per heavy atom. The summed E-state index contributed by atoms with van der Waals surface area (Å²) in [5.41, 5.74) is -1.94. The Morgan fingerprint density at radius 2 is 1.76 bits per heavy atom. The van der Waals surface area contributed by atoms with Gasteiger partial charge in [-0.15, -0.1) is 0 Å². The van der Waals surface area contributed by atoms with Crippen LogP contribution in [0.15, 0.2) is 24.3 Å². The molecule has 2 aromatic carbocycles. The van der Waals surface area contributed by atoms with E-state index in [1.54, 1.807) is 20.1 Å². The molecule has 0 aliphatic heterocycles. The van der Waals surface area contributed by atoms with Gasteiger partial charge in [0.1, 0.15) is 17.1 Å². The van der Waals surface area contributed by atoms with E-state index in [0.717, 1.165) is 16.3 Å². The molecule has 3 rings (SSSR count). The number of methoxy groups -OCH3 is 4. The minimum absolute atomic E-state index is 0.291. The lowest BCUT2D eigenvalue weighted by Gasteiger charge is -2.47. The molecule has 29 heavy (non-hydrogen) atoms. The van der Waals surface area contributed by atoms with Crippen molar-refractivity contribution in [2.45, 2.75) is 31.8 Å². The van der Waals surface area contributed by atoms with E-state index in [9.17, 15) is 14.7 Å². The molecular formula is C22H26O7. The normalized spacial score (nSPS) is 23.2. The zero-order chi connectivity index (χ0) is 21.4. The summed E-state index contributed by atoms with van der Waals surface area (Å²) in [6.45, 7) is 1.61. The van der Waals surface area contributed by atoms with Crippen molar-refractivity contribution >= 4 is 22.7 Å². The Hall–Kier alpha value is -2.80. The van der Waals surface area contributed by atoms with Gasteiger partial charge in [-0.1, -0.05) is 12.1 Å². The molecule has 0 fully saturated rings. The van der Waals surface area contributed by atoms with Crippen LogP contribution in [0.1, 0.15) is 30.9 Å². The minimum Gasteiger partial charge on any atom is -0.496 e. The maximum absolute atomic E-state index is 12.7. The van der Waals surface area contributed by atoms with Gasteiger partial charge in [0, 0.05) is 10.8 Å². The van der Waals surface area contributed by atoms with E-state index in [-0.39, 0.29) is 0 Å². The fraction of sp³-hybridized carbons (Fsp3) is 0.455. The van der Waals surface area contributed by atoms with Crippen LogP contribution in [0.5, 0.6) is 11.5 Å². The lowest BCUT2D eigenvalue weighted by Crippen LogP contribution is -2.54. The number of aryl methyl sites for hydroxylation is 1. The lowest BCUT2D eigenvalue weighted by atomic mass is 9.60. The van der Waals surface area contributed by atoms with Gasteiger partial charge in [-0.25, -0.2) is 0 Å². The minimum atomic E-state index is -1.84. The van der Waals surface area contributed by atoms with Crippen LogP contribution in [-0.4, -0.2) is 45.5 Å². The van der Waals surface area contributed by atoms with Crippen molar-refractivity contribution in [3.8, 4) is 11.5 Å². The number of aliphatic hydroxyl groups is 1. The van der Waals surface area contributed by atoms with Crippen molar-refractivity contribution in [2.24, 2.45) is 5.41 Å². The fourth-order valence-corrected chi connectivity index (χ4v) is 4.39. The standard InChI is InChI=1S/C22H26O7/c1-21(20(24)29-5)10-9-13-15(22(21,25)12-18(23)28-4)11-17(27-3)14-7-6-8-16(26-2)19(13)14/h6-8,11,25H,9-10,12H2,1-5H3/t21-,22-/m0/s1. The second-order valence-electron chi connectivity index (χ2n) is 7.42. The zero-order valence-electron chi connectivity index (χ0n) is 17.3.